The molecule has 1 aromatic carbocycles. The van der Waals surface area contributed by atoms with Crippen LogP contribution in [0.15, 0.2) is 29.2 Å². The first-order chi connectivity index (χ1) is 10.4. The molecule has 0 aliphatic carbocycles. The van der Waals surface area contributed by atoms with Crippen molar-refractivity contribution in [1.29, 1.82) is 0 Å². The van der Waals surface area contributed by atoms with E-state index in [9.17, 15) is 13.2 Å². The maximum atomic E-state index is 12.6. The second-order valence-corrected chi connectivity index (χ2v) is 7.88. The second-order valence-electron chi connectivity index (χ2n) is 5.90. The third-order valence-corrected chi connectivity index (χ3v) is 5.38. The Balaban J connectivity index is 2.08. The van der Waals surface area contributed by atoms with Crippen molar-refractivity contribution in [2.24, 2.45) is 5.92 Å². The van der Waals surface area contributed by atoms with Crippen molar-refractivity contribution in [1.82, 2.24) is 10.2 Å². The molecule has 0 bridgehead atoms. The van der Waals surface area contributed by atoms with Crippen molar-refractivity contribution in [3.8, 4) is 0 Å². The highest BCUT2D eigenvalue weighted by Crippen LogP contribution is 2.23. The molecule has 1 aromatic rings. The van der Waals surface area contributed by atoms with Crippen LogP contribution in [-0.4, -0.2) is 52.2 Å². The lowest BCUT2D eigenvalue weighted by Crippen LogP contribution is -2.39. The zero-order valence-corrected chi connectivity index (χ0v) is 14.0. The molecule has 122 valence electrons. The van der Waals surface area contributed by atoms with Crippen LogP contribution in [-0.2, 0) is 9.84 Å². The number of benzene rings is 1. The monoisotopic (exact) mass is 324 g/mol. The Bertz CT molecular complexity index is 620. The number of sulfone groups is 1. The first kappa shape index (κ1) is 17.0. The Morgan fingerprint density at radius 1 is 1.27 bits per heavy atom. The first-order valence-corrected chi connectivity index (χ1v) is 9.55. The minimum absolute atomic E-state index is 0.123. The first-order valence-electron chi connectivity index (χ1n) is 7.66. The number of nitrogens with one attached hydrogen (secondary N) is 1. The number of piperidine rings is 1. The standard InChI is InChI=1S/C16H24N2O3S/c1-17-10-7-13-8-11-18(12-9-13)16(19)14-5-3-4-6-15(14)22(2,20)21/h3-6,13,17H,7-12H2,1-2H3. The van der Waals surface area contributed by atoms with Crippen molar-refractivity contribution in [2.45, 2.75) is 24.2 Å². The van der Waals surface area contributed by atoms with E-state index in [2.05, 4.69) is 5.32 Å². The van der Waals surface area contributed by atoms with Crippen LogP contribution in [0.2, 0.25) is 0 Å². The Kier molecular flexibility index (Phi) is 5.58. The fourth-order valence-electron chi connectivity index (χ4n) is 2.91. The summed E-state index contributed by atoms with van der Waals surface area (Å²) >= 11 is 0. The van der Waals surface area contributed by atoms with Gasteiger partial charge in [0.2, 0.25) is 0 Å². The molecule has 1 amide bonds. The number of nitrogens with zero attached hydrogens (tertiary/aromatic N) is 1. The van der Waals surface area contributed by atoms with Gasteiger partial charge in [0.05, 0.1) is 10.5 Å². The van der Waals surface area contributed by atoms with Crippen LogP contribution in [0.25, 0.3) is 0 Å². The number of hydrogen-bond acceptors (Lipinski definition) is 4. The van der Waals surface area contributed by atoms with Gasteiger partial charge in [-0.05, 0) is 50.9 Å². The summed E-state index contributed by atoms with van der Waals surface area (Å²) in [5.41, 5.74) is 0.290. The highest BCUT2D eigenvalue weighted by Gasteiger charge is 2.26. The van der Waals surface area contributed by atoms with Gasteiger partial charge in [0.1, 0.15) is 0 Å². The van der Waals surface area contributed by atoms with E-state index in [0.29, 0.717) is 24.6 Å². The molecular formula is C16H24N2O3S. The van der Waals surface area contributed by atoms with E-state index in [1.165, 1.54) is 6.07 Å². The van der Waals surface area contributed by atoms with Gasteiger partial charge in [-0.1, -0.05) is 12.1 Å². The molecule has 0 radical (unpaired) electrons. The largest absolute Gasteiger partial charge is 0.339 e. The van der Waals surface area contributed by atoms with Crippen molar-refractivity contribution in [3.63, 3.8) is 0 Å². The average molecular weight is 324 g/mol. The molecule has 2 rings (SSSR count). The summed E-state index contributed by atoms with van der Waals surface area (Å²) in [6.45, 7) is 2.39. The number of carbonyl (C=O) groups excluding carboxylic acids is 1. The number of carbonyl (C=O) groups is 1. The van der Waals surface area contributed by atoms with E-state index in [1.54, 1.807) is 23.1 Å². The summed E-state index contributed by atoms with van der Waals surface area (Å²) in [4.78, 5) is 14.5. The van der Waals surface area contributed by atoms with Gasteiger partial charge in [0.25, 0.3) is 5.91 Å². The Morgan fingerprint density at radius 2 is 1.91 bits per heavy atom. The molecule has 1 N–H and O–H groups in total. The molecule has 0 spiro atoms. The molecule has 0 unspecified atom stereocenters. The van der Waals surface area contributed by atoms with Crippen molar-refractivity contribution in [3.05, 3.63) is 29.8 Å². The number of likely N-dealkylation sites (tertiary alicyclic amines) is 1. The van der Waals surface area contributed by atoms with E-state index < -0.39 is 9.84 Å². The van der Waals surface area contributed by atoms with Crippen LogP contribution < -0.4 is 5.32 Å². The molecule has 6 heteroatoms. The maximum Gasteiger partial charge on any atom is 0.255 e. The normalized spacial score (nSPS) is 16.7. The number of rotatable bonds is 5. The minimum atomic E-state index is -3.40. The summed E-state index contributed by atoms with van der Waals surface area (Å²) in [5.74, 6) is 0.467. The van der Waals surface area contributed by atoms with Gasteiger partial charge in [-0.3, -0.25) is 4.79 Å². The maximum absolute atomic E-state index is 12.6. The molecule has 0 saturated carbocycles. The molecular weight excluding hydrogens is 300 g/mol. The second kappa shape index (κ2) is 7.24. The fourth-order valence-corrected chi connectivity index (χ4v) is 3.79. The summed E-state index contributed by atoms with van der Waals surface area (Å²) < 4.78 is 23.7. The molecule has 5 nitrogen and oxygen atoms in total. The fraction of sp³-hybridized carbons (Fsp3) is 0.562. The Morgan fingerprint density at radius 3 is 2.50 bits per heavy atom. The highest BCUT2D eigenvalue weighted by atomic mass is 32.2. The summed E-state index contributed by atoms with van der Waals surface area (Å²) in [6, 6.07) is 6.47. The lowest BCUT2D eigenvalue weighted by molar-refractivity contribution is 0.0683. The van der Waals surface area contributed by atoms with Crippen LogP contribution >= 0.6 is 0 Å². The van der Waals surface area contributed by atoms with Crippen molar-refractivity contribution in [2.75, 3.05) is 32.9 Å². The molecule has 1 aliphatic rings. The zero-order chi connectivity index (χ0) is 16.2. The van der Waals surface area contributed by atoms with Gasteiger partial charge >= 0.3 is 0 Å². The van der Waals surface area contributed by atoms with Crippen LogP contribution in [0.5, 0.6) is 0 Å². The summed E-state index contributed by atoms with van der Waals surface area (Å²) in [5, 5.41) is 3.15. The van der Waals surface area contributed by atoms with Gasteiger partial charge in [0.15, 0.2) is 9.84 Å². The molecule has 1 aliphatic heterocycles. The molecule has 0 atom stereocenters. The van der Waals surface area contributed by atoms with E-state index in [4.69, 9.17) is 0 Å². The topological polar surface area (TPSA) is 66.5 Å². The van der Waals surface area contributed by atoms with Gasteiger partial charge in [-0.25, -0.2) is 8.42 Å². The quantitative estimate of drug-likeness (QED) is 0.892. The summed E-state index contributed by atoms with van der Waals surface area (Å²) in [7, 11) is -1.45. The molecule has 1 heterocycles. The molecule has 1 saturated heterocycles. The SMILES string of the molecule is CNCCC1CCN(C(=O)c2ccccc2S(C)(=O)=O)CC1. The van der Waals surface area contributed by atoms with Crippen molar-refractivity contribution >= 4 is 15.7 Å². The Labute approximate surface area is 132 Å². The van der Waals surface area contributed by atoms with E-state index in [0.717, 1.165) is 32.1 Å². The van der Waals surface area contributed by atoms with Crippen LogP contribution in [0.1, 0.15) is 29.6 Å². The summed E-state index contributed by atoms with van der Waals surface area (Å²) in [6.07, 6.45) is 4.23. The van der Waals surface area contributed by atoms with E-state index in [1.807, 2.05) is 7.05 Å². The minimum Gasteiger partial charge on any atom is -0.339 e. The molecule has 0 aromatic heterocycles. The smallest absolute Gasteiger partial charge is 0.255 e. The van der Waals surface area contributed by atoms with Crippen LogP contribution in [0, 0.1) is 5.92 Å². The van der Waals surface area contributed by atoms with Crippen LogP contribution in [0.3, 0.4) is 0 Å². The predicted octanol–water partition coefficient (Wildman–Crippen LogP) is 1.55. The number of hydrogen-bond donors (Lipinski definition) is 1. The van der Waals surface area contributed by atoms with Gasteiger partial charge in [-0.2, -0.15) is 0 Å². The lowest BCUT2D eigenvalue weighted by Gasteiger charge is -2.32. The average Bonchev–Trinajstić information content (AvgIpc) is 2.52. The Hall–Kier alpha value is -1.40. The molecule has 22 heavy (non-hydrogen) atoms. The van der Waals surface area contributed by atoms with E-state index in [-0.39, 0.29) is 10.8 Å². The van der Waals surface area contributed by atoms with Crippen LogP contribution in [0.4, 0.5) is 0 Å². The third kappa shape index (κ3) is 4.08. The predicted molar refractivity (Wildman–Crippen MR) is 86.7 cm³/mol. The van der Waals surface area contributed by atoms with Gasteiger partial charge < -0.3 is 10.2 Å². The van der Waals surface area contributed by atoms with Gasteiger partial charge in [-0.15, -0.1) is 0 Å². The zero-order valence-electron chi connectivity index (χ0n) is 13.2. The van der Waals surface area contributed by atoms with E-state index >= 15 is 0 Å². The third-order valence-electron chi connectivity index (χ3n) is 4.22. The van der Waals surface area contributed by atoms with Gasteiger partial charge in [0, 0.05) is 19.3 Å². The number of amides is 1. The lowest BCUT2D eigenvalue weighted by atomic mass is 9.93. The van der Waals surface area contributed by atoms with Crippen molar-refractivity contribution < 1.29 is 13.2 Å². The molecule has 1 fully saturated rings. The highest BCUT2D eigenvalue weighted by molar-refractivity contribution is 7.90.